The standard InChI is InChI=1S/C19H19NO5S/c1-2-11-24-19(23)14-5-7-15(8-6-14)20-17(21)13-25-18(22)10-9-16-4-3-12-26-16/h3-10,12H,2,11,13H2,1H3,(H,20,21)/b10-9+. The van der Waals surface area contributed by atoms with E-state index in [2.05, 4.69) is 5.32 Å². The van der Waals surface area contributed by atoms with Crippen molar-refractivity contribution in [2.75, 3.05) is 18.5 Å². The van der Waals surface area contributed by atoms with E-state index in [4.69, 9.17) is 9.47 Å². The Morgan fingerprint density at radius 2 is 1.88 bits per heavy atom. The van der Waals surface area contributed by atoms with Crippen LogP contribution in [0.3, 0.4) is 0 Å². The van der Waals surface area contributed by atoms with Crippen LogP contribution in [0, 0.1) is 0 Å². The fourth-order valence-corrected chi connectivity index (χ4v) is 2.50. The number of rotatable bonds is 8. The average Bonchev–Trinajstić information content (AvgIpc) is 3.17. The monoisotopic (exact) mass is 373 g/mol. The minimum atomic E-state index is -0.595. The summed E-state index contributed by atoms with van der Waals surface area (Å²) in [6.07, 6.45) is 3.65. The van der Waals surface area contributed by atoms with E-state index in [1.165, 1.54) is 17.4 Å². The molecule has 26 heavy (non-hydrogen) atoms. The Balaban J connectivity index is 1.76. The summed E-state index contributed by atoms with van der Waals surface area (Å²) in [7, 11) is 0. The Labute approximate surface area is 155 Å². The predicted molar refractivity (Wildman–Crippen MR) is 100.0 cm³/mol. The highest BCUT2D eigenvalue weighted by atomic mass is 32.1. The fraction of sp³-hybridized carbons (Fsp3) is 0.211. The maximum Gasteiger partial charge on any atom is 0.338 e. The molecule has 0 aliphatic carbocycles. The quantitative estimate of drug-likeness (QED) is 0.566. The van der Waals surface area contributed by atoms with E-state index in [9.17, 15) is 14.4 Å². The van der Waals surface area contributed by atoms with Gasteiger partial charge < -0.3 is 14.8 Å². The van der Waals surface area contributed by atoms with Crippen LogP contribution in [-0.4, -0.2) is 31.1 Å². The van der Waals surface area contributed by atoms with Crippen molar-refractivity contribution in [3.05, 3.63) is 58.3 Å². The van der Waals surface area contributed by atoms with Crippen molar-refractivity contribution in [2.24, 2.45) is 0 Å². The van der Waals surface area contributed by atoms with Gasteiger partial charge in [-0.15, -0.1) is 11.3 Å². The van der Waals surface area contributed by atoms with Crippen LogP contribution in [0.5, 0.6) is 0 Å². The first kappa shape index (κ1) is 19.4. The lowest BCUT2D eigenvalue weighted by molar-refractivity contribution is -0.142. The minimum Gasteiger partial charge on any atom is -0.462 e. The molecule has 1 amide bonds. The molecular weight excluding hydrogens is 354 g/mol. The summed E-state index contributed by atoms with van der Waals surface area (Å²) in [4.78, 5) is 36.0. The first-order chi connectivity index (χ1) is 12.6. The van der Waals surface area contributed by atoms with Crippen molar-refractivity contribution < 1.29 is 23.9 Å². The van der Waals surface area contributed by atoms with Crippen LogP contribution in [0.15, 0.2) is 47.9 Å². The maximum atomic E-state index is 11.8. The molecule has 0 saturated carbocycles. The van der Waals surface area contributed by atoms with Gasteiger partial charge in [0.15, 0.2) is 6.61 Å². The van der Waals surface area contributed by atoms with Gasteiger partial charge in [-0.3, -0.25) is 4.79 Å². The van der Waals surface area contributed by atoms with Crippen LogP contribution in [-0.2, 0) is 19.1 Å². The first-order valence-electron chi connectivity index (χ1n) is 8.04. The Morgan fingerprint density at radius 1 is 1.12 bits per heavy atom. The second kappa shape index (κ2) is 10.1. The van der Waals surface area contributed by atoms with Crippen LogP contribution in [0.2, 0.25) is 0 Å². The molecule has 2 aromatic rings. The number of anilines is 1. The van der Waals surface area contributed by atoms with E-state index >= 15 is 0 Å². The van der Waals surface area contributed by atoms with Gasteiger partial charge in [-0.1, -0.05) is 13.0 Å². The third kappa shape index (κ3) is 6.52. The molecule has 0 atom stereocenters. The maximum absolute atomic E-state index is 11.8. The molecule has 0 bridgehead atoms. The lowest BCUT2D eigenvalue weighted by Crippen LogP contribution is -2.20. The molecule has 7 heteroatoms. The number of hydrogen-bond acceptors (Lipinski definition) is 6. The zero-order valence-corrected chi connectivity index (χ0v) is 15.1. The van der Waals surface area contributed by atoms with Crippen molar-refractivity contribution in [1.82, 2.24) is 0 Å². The van der Waals surface area contributed by atoms with E-state index < -0.39 is 24.5 Å². The molecule has 1 aromatic heterocycles. The minimum absolute atomic E-state index is 0.365. The normalized spacial score (nSPS) is 10.5. The van der Waals surface area contributed by atoms with Crippen LogP contribution in [0.1, 0.15) is 28.6 Å². The van der Waals surface area contributed by atoms with Gasteiger partial charge in [0.25, 0.3) is 5.91 Å². The smallest absolute Gasteiger partial charge is 0.338 e. The summed E-state index contributed by atoms with van der Waals surface area (Å²) in [5.74, 6) is -1.47. The van der Waals surface area contributed by atoms with Gasteiger partial charge >= 0.3 is 11.9 Å². The van der Waals surface area contributed by atoms with Crippen molar-refractivity contribution >= 4 is 40.9 Å². The molecule has 1 heterocycles. The molecule has 136 valence electrons. The molecule has 0 spiro atoms. The zero-order chi connectivity index (χ0) is 18.8. The molecule has 0 aliphatic rings. The molecule has 0 fully saturated rings. The molecule has 0 radical (unpaired) electrons. The fourth-order valence-electron chi connectivity index (χ4n) is 1.89. The summed E-state index contributed by atoms with van der Waals surface area (Å²) >= 11 is 1.49. The molecule has 0 saturated heterocycles. The Kier molecular flexibility index (Phi) is 7.57. The summed E-state index contributed by atoms with van der Waals surface area (Å²) in [5, 5.41) is 4.48. The van der Waals surface area contributed by atoms with Gasteiger partial charge in [0, 0.05) is 16.6 Å². The molecular formula is C19H19NO5S. The summed E-state index contributed by atoms with van der Waals surface area (Å²) in [6, 6.07) is 10.0. The van der Waals surface area contributed by atoms with Crippen LogP contribution < -0.4 is 5.32 Å². The van der Waals surface area contributed by atoms with Crippen LogP contribution in [0.4, 0.5) is 5.69 Å². The molecule has 0 unspecified atom stereocenters. The van der Waals surface area contributed by atoms with Crippen LogP contribution in [0.25, 0.3) is 6.08 Å². The highest BCUT2D eigenvalue weighted by molar-refractivity contribution is 7.10. The third-order valence-electron chi connectivity index (χ3n) is 3.11. The number of benzene rings is 1. The highest BCUT2D eigenvalue weighted by Gasteiger charge is 2.09. The van der Waals surface area contributed by atoms with Gasteiger partial charge in [0.1, 0.15) is 0 Å². The van der Waals surface area contributed by atoms with Gasteiger partial charge in [0.05, 0.1) is 12.2 Å². The highest BCUT2D eigenvalue weighted by Crippen LogP contribution is 2.11. The predicted octanol–water partition coefficient (Wildman–Crippen LogP) is 3.51. The van der Waals surface area contributed by atoms with E-state index in [0.717, 1.165) is 11.3 Å². The second-order valence-electron chi connectivity index (χ2n) is 5.22. The number of ether oxygens (including phenoxy) is 2. The number of thiophene rings is 1. The summed E-state index contributed by atoms with van der Waals surface area (Å²) in [5.41, 5.74) is 0.897. The van der Waals surface area contributed by atoms with Crippen molar-refractivity contribution in [3.8, 4) is 0 Å². The van der Waals surface area contributed by atoms with Crippen molar-refractivity contribution in [2.45, 2.75) is 13.3 Å². The van der Waals surface area contributed by atoms with Gasteiger partial charge in [-0.25, -0.2) is 9.59 Å². The van der Waals surface area contributed by atoms with E-state index in [0.29, 0.717) is 17.9 Å². The van der Waals surface area contributed by atoms with Crippen LogP contribution >= 0.6 is 11.3 Å². The summed E-state index contributed by atoms with van der Waals surface area (Å²) in [6.45, 7) is 1.88. The largest absolute Gasteiger partial charge is 0.462 e. The zero-order valence-electron chi connectivity index (χ0n) is 14.3. The number of carbonyl (C=O) groups excluding carboxylic acids is 3. The number of hydrogen-bond donors (Lipinski definition) is 1. The van der Waals surface area contributed by atoms with Gasteiger partial charge in [-0.05, 0) is 48.2 Å². The Morgan fingerprint density at radius 3 is 2.54 bits per heavy atom. The van der Waals surface area contributed by atoms with Crippen molar-refractivity contribution in [3.63, 3.8) is 0 Å². The number of amides is 1. The lowest BCUT2D eigenvalue weighted by Gasteiger charge is -2.07. The van der Waals surface area contributed by atoms with E-state index in [1.54, 1.807) is 30.3 Å². The van der Waals surface area contributed by atoms with Gasteiger partial charge in [0.2, 0.25) is 0 Å². The average molecular weight is 373 g/mol. The molecule has 1 aromatic carbocycles. The SMILES string of the molecule is CCCOC(=O)c1ccc(NC(=O)COC(=O)/C=C/c2cccs2)cc1. The van der Waals surface area contributed by atoms with Crippen molar-refractivity contribution in [1.29, 1.82) is 0 Å². The Bertz CT molecular complexity index is 766. The third-order valence-corrected chi connectivity index (χ3v) is 3.95. The molecule has 1 N–H and O–H groups in total. The first-order valence-corrected chi connectivity index (χ1v) is 8.92. The molecule has 0 aliphatic heterocycles. The molecule has 2 rings (SSSR count). The number of esters is 2. The topological polar surface area (TPSA) is 81.7 Å². The Hall–Kier alpha value is -2.93. The second-order valence-corrected chi connectivity index (χ2v) is 6.20. The van der Waals surface area contributed by atoms with E-state index in [-0.39, 0.29) is 0 Å². The number of carbonyl (C=O) groups is 3. The van der Waals surface area contributed by atoms with Gasteiger partial charge in [-0.2, -0.15) is 0 Å². The van der Waals surface area contributed by atoms with E-state index in [1.807, 2.05) is 24.4 Å². The lowest BCUT2D eigenvalue weighted by atomic mass is 10.2. The molecule has 6 nitrogen and oxygen atoms in total. The summed E-state index contributed by atoms with van der Waals surface area (Å²) < 4.78 is 9.90. The number of nitrogens with one attached hydrogen (secondary N) is 1.